The molecule has 0 radical (unpaired) electrons. The molecule has 0 saturated carbocycles. The Morgan fingerprint density at radius 3 is 2.70 bits per heavy atom. The predicted molar refractivity (Wildman–Crippen MR) is 47.1 cm³/mol. The molecule has 1 fully saturated rings. The molecule has 1 heterocycles. The Kier molecular flexibility index (Phi) is 3.68. The van der Waals surface area contributed by atoms with Crippen molar-refractivity contribution >= 4 is 11.8 Å². The van der Waals surface area contributed by atoms with Gasteiger partial charge in [-0.2, -0.15) is 11.8 Å². The van der Waals surface area contributed by atoms with Gasteiger partial charge in [-0.05, 0) is 6.20 Å². The third-order valence-electron chi connectivity index (χ3n) is 1.60. The van der Waals surface area contributed by atoms with Gasteiger partial charge in [0.05, 0.1) is 0 Å². The highest BCUT2D eigenvalue weighted by molar-refractivity contribution is 7.99. The van der Waals surface area contributed by atoms with Crippen LogP contribution in [0.4, 0.5) is 0 Å². The first-order valence-corrected chi connectivity index (χ1v) is 4.76. The molecule has 1 rings (SSSR count). The summed E-state index contributed by atoms with van der Waals surface area (Å²) >= 11 is 2.04. The van der Waals surface area contributed by atoms with Crippen LogP contribution in [0.5, 0.6) is 0 Å². The standard InChI is InChI=1S/C7H14N2S/c8-2-1-3-9-4-6-10-7-5-9/h1-2H,3-8H2. The molecule has 2 N–H and O–H groups in total. The van der Waals surface area contributed by atoms with Gasteiger partial charge in [0.1, 0.15) is 0 Å². The van der Waals surface area contributed by atoms with Gasteiger partial charge in [0.2, 0.25) is 0 Å². The largest absolute Gasteiger partial charge is 0.405 e. The summed E-state index contributed by atoms with van der Waals surface area (Å²) in [5.41, 5.74) is 5.23. The summed E-state index contributed by atoms with van der Waals surface area (Å²) in [5.74, 6) is 2.55. The van der Waals surface area contributed by atoms with Gasteiger partial charge in [-0.1, -0.05) is 6.08 Å². The molecule has 58 valence electrons. The second kappa shape index (κ2) is 4.63. The van der Waals surface area contributed by atoms with Gasteiger partial charge in [0.15, 0.2) is 0 Å². The third-order valence-corrected chi connectivity index (χ3v) is 2.55. The molecule has 0 aromatic rings. The van der Waals surface area contributed by atoms with Gasteiger partial charge < -0.3 is 5.73 Å². The van der Waals surface area contributed by atoms with Crippen LogP contribution in [0.2, 0.25) is 0 Å². The molecule has 1 saturated heterocycles. The van der Waals surface area contributed by atoms with Crippen molar-refractivity contribution in [3.63, 3.8) is 0 Å². The molecule has 0 bridgehead atoms. The van der Waals surface area contributed by atoms with E-state index >= 15 is 0 Å². The zero-order valence-electron chi connectivity index (χ0n) is 6.12. The fraction of sp³-hybridized carbons (Fsp3) is 0.714. The monoisotopic (exact) mass is 158 g/mol. The minimum atomic E-state index is 1.02. The molecule has 0 aliphatic carbocycles. The Morgan fingerprint density at radius 2 is 2.10 bits per heavy atom. The van der Waals surface area contributed by atoms with Crippen LogP contribution >= 0.6 is 11.8 Å². The highest BCUT2D eigenvalue weighted by Crippen LogP contribution is 2.08. The molecule has 2 nitrogen and oxygen atoms in total. The number of hydrogen-bond acceptors (Lipinski definition) is 3. The molecule has 0 atom stereocenters. The van der Waals surface area contributed by atoms with Crippen LogP contribution in [0.3, 0.4) is 0 Å². The lowest BCUT2D eigenvalue weighted by Gasteiger charge is -2.24. The summed E-state index contributed by atoms with van der Waals surface area (Å²) in [6, 6.07) is 0. The van der Waals surface area contributed by atoms with Crippen LogP contribution in [0, 0.1) is 0 Å². The van der Waals surface area contributed by atoms with Gasteiger partial charge in [-0.3, -0.25) is 4.90 Å². The first-order valence-electron chi connectivity index (χ1n) is 3.60. The van der Waals surface area contributed by atoms with Gasteiger partial charge in [-0.15, -0.1) is 0 Å². The third kappa shape index (κ3) is 2.62. The topological polar surface area (TPSA) is 29.3 Å². The predicted octanol–water partition coefficient (Wildman–Crippen LogP) is 0.508. The number of rotatable bonds is 2. The van der Waals surface area contributed by atoms with Crippen molar-refractivity contribution in [2.45, 2.75) is 0 Å². The van der Waals surface area contributed by atoms with E-state index in [-0.39, 0.29) is 0 Å². The van der Waals surface area contributed by atoms with Crippen molar-refractivity contribution in [3.8, 4) is 0 Å². The molecule has 0 spiro atoms. The van der Waals surface area contributed by atoms with Crippen LogP contribution in [0.15, 0.2) is 12.3 Å². The zero-order chi connectivity index (χ0) is 7.23. The molecule has 0 amide bonds. The van der Waals surface area contributed by atoms with Crippen LogP contribution in [0.1, 0.15) is 0 Å². The molecule has 1 aliphatic rings. The maximum atomic E-state index is 5.23. The smallest absolute Gasteiger partial charge is 0.0180 e. The van der Waals surface area contributed by atoms with Crippen molar-refractivity contribution in [1.29, 1.82) is 0 Å². The lowest BCUT2D eigenvalue weighted by Crippen LogP contribution is -2.32. The highest BCUT2D eigenvalue weighted by atomic mass is 32.2. The maximum Gasteiger partial charge on any atom is 0.0180 e. The Labute approximate surface area is 66.5 Å². The summed E-state index contributed by atoms with van der Waals surface area (Å²) in [6.45, 7) is 3.46. The van der Waals surface area contributed by atoms with E-state index in [1.807, 2.05) is 17.8 Å². The second-order valence-electron chi connectivity index (χ2n) is 2.34. The number of thioether (sulfide) groups is 1. The van der Waals surface area contributed by atoms with E-state index in [0.717, 1.165) is 6.54 Å². The summed E-state index contributed by atoms with van der Waals surface area (Å²) in [5, 5.41) is 0. The Morgan fingerprint density at radius 1 is 1.40 bits per heavy atom. The van der Waals surface area contributed by atoms with Crippen molar-refractivity contribution < 1.29 is 0 Å². The quantitative estimate of drug-likeness (QED) is 0.635. The second-order valence-corrected chi connectivity index (χ2v) is 3.57. The molecule has 1 aliphatic heterocycles. The normalized spacial score (nSPS) is 22.0. The zero-order valence-corrected chi connectivity index (χ0v) is 6.94. The first kappa shape index (κ1) is 7.95. The van der Waals surface area contributed by atoms with Gasteiger partial charge in [0.25, 0.3) is 0 Å². The summed E-state index contributed by atoms with van der Waals surface area (Å²) in [4.78, 5) is 2.42. The van der Waals surface area contributed by atoms with Crippen molar-refractivity contribution in [3.05, 3.63) is 12.3 Å². The van der Waals surface area contributed by atoms with Crippen LogP contribution in [-0.2, 0) is 0 Å². The van der Waals surface area contributed by atoms with Gasteiger partial charge in [0, 0.05) is 31.1 Å². The van der Waals surface area contributed by atoms with E-state index in [1.54, 1.807) is 6.20 Å². The van der Waals surface area contributed by atoms with Crippen LogP contribution < -0.4 is 5.73 Å². The van der Waals surface area contributed by atoms with Crippen molar-refractivity contribution in [2.75, 3.05) is 31.1 Å². The summed E-state index contributed by atoms with van der Waals surface area (Å²) < 4.78 is 0. The molecule has 3 heteroatoms. The average molecular weight is 158 g/mol. The van der Waals surface area contributed by atoms with E-state index in [1.165, 1.54) is 24.6 Å². The molecule has 0 unspecified atom stereocenters. The first-order chi connectivity index (χ1) is 4.93. The van der Waals surface area contributed by atoms with E-state index in [2.05, 4.69) is 4.90 Å². The molecule has 0 aromatic heterocycles. The van der Waals surface area contributed by atoms with E-state index in [0.29, 0.717) is 0 Å². The Balaban J connectivity index is 2.13. The fourth-order valence-electron chi connectivity index (χ4n) is 0.994. The minimum absolute atomic E-state index is 1.02. The van der Waals surface area contributed by atoms with Crippen molar-refractivity contribution in [1.82, 2.24) is 4.90 Å². The van der Waals surface area contributed by atoms with Crippen LogP contribution in [-0.4, -0.2) is 36.0 Å². The maximum absolute atomic E-state index is 5.23. The molecule has 0 aromatic carbocycles. The fourth-order valence-corrected chi connectivity index (χ4v) is 1.97. The molecular formula is C7H14N2S. The lowest BCUT2D eigenvalue weighted by atomic mass is 10.4. The summed E-state index contributed by atoms with van der Waals surface area (Å²) in [7, 11) is 0. The van der Waals surface area contributed by atoms with Gasteiger partial charge >= 0.3 is 0 Å². The number of hydrogen-bond donors (Lipinski definition) is 1. The lowest BCUT2D eigenvalue weighted by molar-refractivity contribution is 0.335. The SMILES string of the molecule is NC=CCN1CCSCC1. The van der Waals surface area contributed by atoms with E-state index in [9.17, 15) is 0 Å². The van der Waals surface area contributed by atoms with Gasteiger partial charge in [-0.25, -0.2) is 0 Å². The van der Waals surface area contributed by atoms with E-state index in [4.69, 9.17) is 5.73 Å². The Bertz CT molecular complexity index is 108. The summed E-state index contributed by atoms with van der Waals surface area (Å²) in [6.07, 6.45) is 3.64. The number of nitrogens with two attached hydrogens (primary N) is 1. The molecule has 10 heavy (non-hydrogen) atoms. The minimum Gasteiger partial charge on any atom is -0.405 e. The van der Waals surface area contributed by atoms with Crippen LogP contribution in [0.25, 0.3) is 0 Å². The van der Waals surface area contributed by atoms with Crippen molar-refractivity contribution in [2.24, 2.45) is 5.73 Å². The average Bonchev–Trinajstić information content (AvgIpc) is 2.03. The van der Waals surface area contributed by atoms with E-state index < -0.39 is 0 Å². The number of nitrogens with zero attached hydrogens (tertiary/aromatic N) is 1. The molecular weight excluding hydrogens is 144 g/mol. The Hall–Kier alpha value is -0.150. The highest BCUT2D eigenvalue weighted by Gasteiger charge is 2.07.